The predicted molar refractivity (Wildman–Crippen MR) is 175 cm³/mol. The van der Waals surface area contributed by atoms with E-state index in [2.05, 4.69) is 60.0 Å². The number of rotatable bonds is 11. The second-order valence-corrected chi connectivity index (χ2v) is 11.8. The lowest BCUT2D eigenvalue weighted by atomic mass is 10.0. The Hall–Kier alpha value is -4.21. The van der Waals surface area contributed by atoms with Gasteiger partial charge in [0, 0.05) is 86.4 Å². The zero-order chi connectivity index (χ0) is 31.4. The van der Waals surface area contributed by atoms with Crippen molar-refractivity contribution >= 4 is 39.6 Å². The minimum atomic E-state index is -0.590. The highest BCUT2D eigenvalue weighted by molar-refractivity contribution is 6.00. The Bertz CT molecular complexity index is 1620. The lowest BCUT2D eigenvalue weighted by Gasteiger charge is -2.36. The predicted octanol–water partition coefficient (Wildman–Crippen LogP) is 6.65. The van der Waals surface area contributed by atoms with Gasteiger partial charge in [-0.1, -0.05) is 12.6 Å². The standard InChI is InChI=1S/C35H41F2N5O2/c1-23(39-34-22-38-33-9-6-25(19-32(33)34)16-26-17-27(36)20-28(37)18-26)31-8-7-30(41(5)13-12-40(3)4)21-35(31)42(24(2)43)29-10-14-44-15-11-29/h6-9,17-22,29,38-39H,1,10-16H2,2-5H3. The Morgan fingerprint density at radius 3 is 2.39 bits per heavy atom. The number of aromatic amines is 1. The van der Waals surface area contributed by atoms with Crippen molar-refractivity contribution in [2.24, 2.45) is 0 Å². The minimum absolute atomic E-state index is 0.0235. The molecule has 9 heteroatoms. The first-order chi connectivity index (χ1) is 21.1. The van der Waals surface area contributed by atoms with Crippen LogP contribution in [0.3, 0.4) is 0 Å². The molecule has 1 saturated heterocycles. The van der Waals surface area contributed by atoms with E-state index in [4.69, 9.17) is 4.74 Å². The summed E-state index contributed by atoms with van der Waals surface area (Å²) < 4.78 is 33.2. The highest BCUT2D eigenvalue weighted by atomic mass is 19.1. The monoisotopic (exact) mass is 601 g/mol. The van der Waals surface area contributed by atoms with Crippen LogP contribution in [-0.2, 0) is 16.0 Å². The summed E-state index contributed by atoms with van der Waals surface area (Å²) >= 11 is 0. The summed E-state index contributed by atoms with van der Waals surface area (Å²) in [6, 6.07) is 15.7. The zero-order valence-corrected chi connectivity index (χ0v) is 25.9. The van der Waals surface area contributed by atoms with Gasteiger partial charge in [-0.2, -0.15) is 0 Å². The summed E-state index contributed by atoms with van der Waals surface area (Å²) in [5.41, 5.74) is 6.53. The molecule has 0 spiro atoms. The van der Waals surface area contributed by atoms with Crippen molar-refractivity contribution in [2.75, 3.05) is 62.6 Å². The van der Waals surface area contributed by atoms with Crippen molar-refractivity contribution in [1.29, 1.82) is 0 Å². The van der Waals surface area contributed by atoms with Crippen LogP contribution in [0.1, 0.15) is 36.5 Å². The fraction of sp³-hybridized carbons (Fsp3) is 0.343. The normalized spacial score (nSPS) is 13.8. The first-order valence-corrected chi connectivity index (χ1v) is 15.0. The number of likely N-dealkylation sites (N-methyl/N-ethyl adjacent to an activating group) is 2. The van der Waals surface area contributed by atoms with Crippen molar-refractivity contribution in [3.8, 4) is 0 Å². The third kappa shape index (κ3) is 7.29. The van der Waals surface area contributed by atoms with Crippen LogP contribution in [0, 0.1) is 11.6 Å². The number of carbonyl (C=O) groups is 1. The molecule has 0 atom stereocenters. The van der Waals surface area contributed by atoms with Crippen molar-refractivity contribution in [3.05, 3.63) is 95.7 Å². The summed E-state index contributed by atoms with van der Waals surface area (Å²) in [7, 11) is 6.16. The molecule has 1 aliphatic heterocycles. The summed E-state index contributed by atoms with van der Waals surface area (Å²) in [4.78, 5) is 22.7. The highest BCUT2D eigenvalue weighted by Crippen LogP contribution is 2.36. The van der Waals surface area contributed by atoms with Gasteiger partial charge in [0.25, 0.3) is 0 Å². The van der Waals surface area contributed by atoms with Gasteiger partial charge in [0.05, 0.1) is 11.4 Å². The van der Waals surface area contributed by atoms with Crippen molar-refractivity contribution in [2.45, 2.75) is 32.2 Å². The van der Waals surface area contributed by atoms with Crippen LogP contribution < -0.4 is 15.1 Å². The Labute approximate surface area is 258 Å². The number of hydrogen-bond acceptors (Lipinski definition) is 5. The largest absolute Gasteiger partial charge is 0.381 e. The summed E-state index contributed by atoms with van der Waals surface area (Å²) in [6.07, 6.45) is 3.80. The van der Waals surface area contributed by atoms with Gasteiger partial charge >= 0.3 is 0 Å². The quantitative estimate of drug-likeness (QED) is 0.202. The molecule has 7 nitrogen and oxygen atoms in total. The van der Waals surface area contributed by atoms with Crippen LogP contribution in [0.4, 0.5) is 25.8 Å². The van der Waals surface area contributed by atoms with Gasteiger partial charge in [-0.3, -0.25) is 4.79 Å². The Balaban J connectivity index is 1.47. The molecule has 44 heavy (non-hydrogen) atoms. The van der Waals surface area contributed by atoms with E-state index in [-0.39, 0.29) is 11.9 Å². The SMILES string of the molecule is C=C(Nc1c[nH]c2ccc(Cc3cc(F)cc(F)c3)cc12)c1ccc(N(C)CCN(C)C)cc1N(C(C)=O)C1CCOCC1. The number of fused-ring (bicyclic) bond motifs is 1. The Morgan fingerprint density at radius 1 is 0.977 bits per heavy atom. The van der Waals surface area contributed by atoms with E-state index >= 15 is 0 Å². The zero-order valence-electron chi connectivity index (χ0n) is 25.9. The molecule has 0 unspecified atom stereocenters. The number of nitrogens with one attached hydrogen (secondary N) is 2. The topological polar surface area (TPSA) is 63.8 Å². The molecule has 1 amide bonds. The molecule has 3 aromatic carbocycles. The number of hydrogen-bond donors (Lipinski definition) is 2. The number of benzene rings is 3. The third-order valence-electron chi connectivity index (χ3n) is 8.15. The van der Waals surface area contributed by atoms with Crippen LogP contribution >= 0.6 is 0 Å². The summed E-state index contributed by atoms with van der Waals surface area (Å²) in [6.45, 7) is 8.99. The molecular formula is C35H41F2N5O2. The highest BCUT2D eigenvalue weighted by Gasteiger charge is 2.28. The van der Waals surface area contributed by atoms with E-state index in [0.717, 1.165) is 71.1 Å². The van der Waals surface area contributed by atoms with E-state index in [0.29, 0.717) is 30.9 Å². The molecule has 2 N–H and O–H groups in total. The number of H-pyrrole nitrogens is 1. The lowest BCUT2D eigenvalue weighted by Crippen LogP contribution is -2.43. The van der Waals surface area contributed by atoms with E-state index in [1.54, 1.807) is 6.92 Å². The third-order valence-corrected chi connectivity index (χ3v) is 8.15. The molecular weight excluding hydrogens is 560 g/mol. The summed E-state index contributed by atoms with van der Waals surface area (Å²) in [5, 5.41) is 4.41. The molecule has 1 fully saturated rings. The van der Waals surface area contributed by atoms with Gasteiger partial charge < -0.3 is 29.7 Å². The second-order valence-electron chi connectivity index (χ2n) is 11.8. The van der Waals surface area contributed by atoms with Crippen LogP contribution in [0.15, 0.2) is 67.4 Å². The number of carbonyl (C=O) groups excluding carboxylic acids is 1. The van der Waals surface area contributed by atoms with Crippen molar-refractivity contribution < 1.29 is 18.3 Å². The molecule has 0 aliphatic carbocycles. The maximum atomic E-state index is 13.8. The fourth-order valence-electron chi connectivity index (χ4n) is 5.82. The van der Waals surface area contributed by atoms with Gasteiger partial charge in [0.2, 0.25) is 5.91 Å². The van der Waals surface area contributed by atoms with E-state index < -0.39 is 11.6 Å². The van der Waals surface area contributed by atoms with Gasteiger partial charge in [0.1, 0.15) is 11.6 Å². The van der Waals surface area contributed by atoms with Gasteiger partial charge in [-0.15, -0.1) is 0 Å². The van der Waals surface area contributed by atoms with Gasteiger partial charge in [0.15, 0.2) is 0 Å². The molecule has 232 valence electrons. The minimum Gasteiger partial charge on any atom is -0.381 e. The second kappa shape index (κ2) is 13.6. The molecule has 4 aromatic rings. The van der Waals surface area contributed by atoms with E-state index in [1.807, 2.05) is 35.4 Å². The smallest absolute Gasteiger partial charge is 0.224 e. The molecule has 2 heterocycles. The molecule has 0 radical (unpaired) electrons. The summed E-state index contributed by atoms with van der Waals surface area (Å²) in [5.74, 6) is -1.20. The first-order valence-electron chi connectivity index (χ1n) is 15.0. The van der Waals surface area contributed by atoms with Crippen molar-refractivity contribution in [1.82, 2.24) is 9.88 Å². The maximum absolute atomic E-state index is 13.8. The van der Waals surface area contributed by atoms with Crippen LogP contribution in [0.2, 0.25) is 0 Å². The van der Waals surface area contributed by atoms with E-state index in [9.17, 15) is 13.6 Å². The van der Waals surface area contributed by atoms with Crippen LogP contribution in [0.25, 0.3) is 16.6 Å². The number of halogens is 2. The average molecular weight is 602 g/mol. The lowest BCUT2D eigenvalue weighted by molar-refractivity contribution is -0.117. The van der Waals surface area contributed by atoms with Crippen LogP contribution in [0.5, 0.6) is 0 Å². The van der Waals surface area contributed by atoms with Crippen molar-refractivity contribution in [3.63, 3.8) is 0 Å². The molecule has 1 aromatic heterocycles. The fourth-order valence-corrected chi connectivity index (χ4v) is 5.82. The maximum Gasteiger partial charge on any atom is 0.224 e. The molecule has 1 aliphatic rings. The molecule has 5 rings (SSSR count). The average Bonchev–Trinajstić information content (AvgIpc) is 3.37. The number of ether oxygens (including phenoxy) is 1. The molecule has 0 bridgehead atoms. The Morgan fingerprint density at radius 2 is 1.70 bits per heavy atom. The first kappa shape index (κ1) is 31.2. The molecule has 0 saturated carbocycles. The van der Waals surface area contributed by atoms with Gasteiger partial charge in [-0.05, 0) is 86.9 Å². The Kier molecular flexibility index (Phi) is 9.66. The number of nitrogens with zero attached hydrogens (tertiary/aromatic N) is 3. The van der Waals surface area contributed by atoms with Crippen LogP contribution in [-0.4, -0.2) is 69.3 Å². The number of anilines is 3. The van der Waals surface area contributed by atoms with E-state index in [1.165, 1.54) is 12.1 Å². The van der Waals surface area contributed by atoms with Gasteiger partial charge in [-0.25, -0.2) is 8.78 Å². The number of amides is 1. The number of aromatic nitrogens is 1.